The lowest BCUT2D eigenvalue weighted by Crippen LogP contribution is -2.40. The van der Waals surface area contributed by atoms with E-state index in [4.69, 9.17) is 10.1 Å². The number of amides is 1. The molecule has 1 atom stereocenters. The van der Waals surface area contributed by atoms with Crippen LogP contribution in [0.4, 0.5) is 10.8 Å². The maximum atomic E-state index is 12.9. The number of fused-ring (bicyclic) bond motifs is 1. The molecule has 0 spiro atoms. The number of piperidine rings is 1. The van der Waals surface area contributed by atoms with Crippen molar-refractivity contribution in [2.75, 3.05) is 23.3 Å². The molecule has 7 heteroatoms. The van der Waals surface area contributed by atoms with Crippen molar-refractivity contribution < 1.29 is 4.79 Å². The summed E-state index contributed by atoms with van der Waals surface area (Å²) in [5.41, 5.74) is 6.44. The van der Waals surface area contributed by atoms with Crippen molar-refractivity contribution >= 4 is 33.0 Å². The first kappa shape index (κ1) is 20.7. The molecule has 0 aliphatic carbocycles. The Morgan fingerprint density at radius 1 is 1.06 bits per heavy atom. The molecule has 0 bridgehead atoms. The second-order valence-corrected chi connectivity index (χ2v) is 9.69. The monoisotopic (exact) mass is 445 g/mol. The fourth-order valence-corrected chi connectivity index (χ4v) is 5.25. The Hall–Kier alpha value is -3.19. The van der Waals surface area contributed by atoms with Crippen LogP contribution in [0.1, 0.15) is 29.5 Å². The van der Waals surface area contributed by atoms with Gasteiger partial charge in [-0.3, -0.25) is 4.79 Å². The Balaban J connectivity index is 1.29. The summed E-state index contributed by atoms with van der Waals surface area (Å²) in [7, 11) is 0. The van der Waals surface area contributed by atoms with Crippen LogP contribution in [0.25, 0.3) is 16.2 Å². The van der Waals surface area contributed by atoms with Crippen molar-refractivity contribution in [2.24, 2.45) is 5.92 Å². The summed E-state index contributed by atoms with van der Waals surface area (Å²) in [6.07, 6.45) is 3.85. The summed E-state index contributed by atoms with van der Waals surface area (Å²) in [6, 6.07) is 14.5. The first-order chi connectivity index (χ1) is 15.4. The average molecular weight is 446 g/mol. The van der Waals surface area contributed by atoms with Gasteiger partial charge >= 0.3 is 0 Å². The molecule has 1 amide bonds. The quantitative estimate of drug-likeness (QED) is 0.467. The van der Waals surface area contributed by atoms with Gasteiger partial charge in [0.25, 0.3) is 0 Å². The SMILES string of the molecule is Cc1ccc(-c2cn3nc(N4CCC[C@@H](C(=O)Nc5cc(C)cc(C)c5)C4)sc3n2)cc1. The first-order valence-electron chi connectivity index (χ1n) is 11.0. The average Bonchev–Trinajstić information content (AvgIpc) is 3.33. The molecule has 0 saturated carbocycles. The number of carbonyl (C=O) groups is 1. The van der Waals surface area contributed by atoms with Crippen molar-refractivity contribution in [3.8, 4) is 11.3 Å². The van der Waals surface area contributed by atoms with E-state index in [9.17, 15) is 4.79 Å². The molecule has 5 rings (SSSR count). The molecule has 0 unspecified atom stereocenters. The van der Waals surface area contributed by atoms with E-state index in [2.05, 4.69) is 47.5 Å². The number of aryl methyl sites for hydroxylation is 3. The van der Waals surface area contributed by atoms with Gasteiger partial charge in [-0.1, -0.05) is 47.2 Å². The van der Waals surface area contributed by atoms with Crippen LogP contribution >= 0.6 is 11.3 Å². The number of hydrogen-bond acceptors (Lipinski definition) is 5. The van der Waals surface area contributed by atoms with Crippen LogP contribution in [0, 0.1) is 26.7 Å². The van der Waals surface area contributed by atoms with E-state index in [1.54, 1.807) is 11.3 Å². The molecule has 6 nitrogen and oxygen atoms in total. The highest BCUT2D eigenvalue weighted by molar-refractivity contribution is 7.20. The summed E-state index contributed by atoms with van der Waals surface area (Å²) in [4.78, 5) is 20.8. The summed E-state index contributed by atoms with van der Waals surface area (Å²) in [5, 5.41) is 8.81. The predicted octanol–water partition coefficient (Wildman–Crippen LogP) is 5.24. The van der Waals surface area contributed by atoms with Crippen molar-refractivity contribution in [1.82, 2.24) is 14.6 Å². The number of benzene rings is 2. The van der Waals surface area contributed by atoms with E-state index >= 15 is 0 Å². The van der Waals surface area contributed by atoms with Gasteiger partial charge < -0.3 is 10.2 Å². The molecule has 2 aromatic carbocycles. The highest BCUT2D eigenvalue weighted by atomic mass is 32.1. The van der Waals surface area contributed by atoms with Crippen molar-refractivity contribution in [2.45, 2.75) is 33.6 Å². The second kappa shape index (κ2) is 8.39. The van der Waals surface area contributed by atoms with Crippen LogP contribution in [-0.2, 0) is 4.79 Å². The molecule has 4 aromatic rings. The molecule has 3 heterocycles. The lowest BCUT2D eigenvalue weighted by molar-refractivity contribution is -0.120. The Morgan fingerprint density at radius 3 is 2.53 bits per heavy atom. The van der Waals surface area contributed by atoms with Crippen LogP contribution in [-0.4, -0.2) is 33.6 Å². The normalized spacial score (nSPS) is 16.5. The smallest absolute Gasteiger partial charge is 0.229 e. The summed E-state index contributed by atoms with van der Waals surface area (Å²) in [5.74, 6) is 0.0339. The Morgan fingerprint density at radius 2 is 1.81 bits per heavy atom. The summed E-state index contributed by atoms with van der Waals surface area (Å²) < 4.78 is 1.86. The number of imidazole rings is 1. The molecule has 1 saturated heterocycles. The van der Waals surface area contributed by atoms with Gasteiger partial charge in [-0.15, -0.1) is 5.10 Å². The molecule has 1 aliphatic rings. The van der Waals surface area contributed by atoms with E-state index in [-0.39, 0.29) is 11.8 Å². The van der Waals surface area contributed by atoms with Gasteiger partial charge in [-0.25, -0.2) is 9.50 Å². The van der Waals surface area contributed by atoms with E-state index in [1.165, 1.54) is 5.56 Å². The van der Waals surface area contributed by atoms with E-state index in [1.807, 2.05) is 36.7 Å². The number of hydrogen-bond donors (Lipinski definition) is 1. The number of anilines is 2. The third kappa shape index (κ3) is 4.25. The Labute approximate surface area is 191 Å². The highest BCUT2D eigenvalue weighted by Gasteiger charge is 2.28. The van der Waals surface area contributed by atoms with Crippen LogP contribution in [0.2, 0.25) is 0 Å². The number of nitrogens with zero attached hydrogens (tertiary/aromatic N) is 4. The topological polar surface area (TPSA) is 62.5 Å². The molecule has 0 radical (unpaired) electrons. The van der Waals surface area contributed by atoms with Crippen molar-refractivity contribution in [1.29, 1.82) is 0 Å². The highest BCUT2D eigenvalue weighted by Crippen LogP contribution is 2.30. The molecular formula is C25H27N5OS. The second-order valence-electron chi connectivity index (χ2n) is 8.75. The largest absolute Gasteiger partial charge is 0.346 e. The number of rotatable bonds is 4. The minimum Gasteiger partial charge on any atom is -0.346 e. The van der Waals surface area contributed by atoms with E-state index in [0.717, 1.165) is 57.6 Å². The van der Waals surface area contributed by atoms with Crippen molar-refractivity contribution in [3.63, 3.8) is 0 Å². The lowest BCUT2D eigenvalue weighted by atomic mass is 9.97. The number of nitrogens with one attached hydrogen (secondary N) is 1. The fraction of sp³-hybridized carbons (Fsp3) is 0.320. The van der Waals surface area contributed by atoms with Gasteiger partial charge in [0.15, 0.2) is 0 Å². The zero-order valence-corrected chi connectivity index (χ0v) is 19.4. The van der Waals surface area contributed by atoms with Crippen LogP contribution in [0.5, 0.6) is 0 Å². The van der Waals surface area contributed by atoms with Gasteiger partial charge in [0.2, 0.25) is 16.0 Å². The fourth-order valence-electron chi connectivity index (χ4n) is 4.34. The zero-order chi connectivity index (χ0) is 22.2. The van der Waals surface area contributed by atoms with Gasteiger partial charge in [0, 0.05) is 24.3 Å². The maximum Gasteiger partial charge on any atom is 0.229 e. The van der Waals surface area contributed by atoms with E-state index < -0.39 is 0 Å². The zero-order valence-electron chi connectivity index (χ0n) is 18.6. The Bertz CT molecular complexity index is 1220. The van der Waals surface area contributed by atoms with Crippen LogP contribution < -0.4 is 10.2 Å². The molecule has 1 aliphatic heterocycles. The third-order valence-corrected chi connectivity index (χ3v) is 6.92. The lowest BCUT2D eigenvalue weighted by Gasteiger charge is -2.31. The minimum atomic E-state index is -0.0519. The summed E-state index contributed by atoms with van der Waals surface area (Å²) in [6.45, 7) is 7.77. The third-order valence-electron chi connectivity index (χ3n) is 5.93. The minimum absolute atomic E-state index is 0.0519. The van der Waals surface area contributed by atoms with Gasteiger partial charge in [-0.2, -0.15) is 0 Å². The van der Waals surface area contributed by atoms with Crippen LogP contribution in [0.3, 0.4) is 0 Å². The standard InChI is InChI=1S/C25H27N5OS/c1-16-6-8-19(9-7-16)22-15-30-24(27-22)32-25(28-30)29-10-4-5-20(14-29)23(31)26-21-12-17(2)11-18(3)13-21/h6-9,11-13,15,20H,4-5,10,14H2,1-3H3,(H,26,31)/t20-/m1/s1. The Kier molecular flexibility index (Phi) is 5.43. The summed E-state index contributed by atoms with van der Waals surface area (Å²) >= 11 is 1.58. The maximum absolute atomic E-state index is 12.9. The first-order valence-corrected chi connectivity index (χ1v) is 11.8. The molecule has 32 heavy (non-hydrogen) atoms. The van der Waals surface area contributed by atoms with Crippen molar-refractivity contribution in [3.05, 3.63) is 65.4 Å². The number of aromatic nitrogens is 3. The van der Waals surface area contributed by atoms with E-state index in [0.29, 0.717) is 6.54 Å². The molecule has 2 aromatic heterocycles. The predicted molar refractivity (Wildman–Crippen MR) is 131 cm³/mol. The molecule has 1 N–H and O–H groups in total. The molecule has 164 valence electrons. The molecule has 1 fully saturated rings. The molecular weight excluding hydrogens is 418 g/mol. The van der Waals surface area contributed by atoms with Gasteiger partial charge in [0.1, 0.15) is 0 Å². The van der Waals surface area contributed by atoms with Gasteiger partial charge in [-0.05, 0) is 56.9 Å². The van der Waals surface area contributed by atoms with Crippen LogP contribution in [0.15, 0.2) is 48.7 Å². The van der Waals surface area contributed by atoms with Gasteiger partial charge in [0.05, 0.1) is 17.8 Å². The number of carbonyl (C=O) groups excluding carboxylic acids is 1.